The molecule has 0 aromatic rings. The normalized spacial score (nSPS) is 21.2. The van der Waals surface area contributed by atoms with Crippen molar-refractivity contribution in [1.82, 2.24) is 5.32 Å². The van der Waals surface area contributed by atoms with Crippen LogP contribution in [-0.2, 0) is 14.3 Å². The van der Waals surface area contributed by atoms with Crippen molar-refractivity contribution in [1.29, 1.82) is 0 Å². The fourth-order valence-corrected chi connectivity index (χ4v) is 6.66. The van der Waals surface area contributed by atoms with E-state index in [1.54, 1.807) is 6.08 Å². The lowest BCUT2D eigenvalue weighted by Crippen LogP contribution is -2.55. The van der Waals surface area contributed by atoms with Crippen molar-refractivity contribution >= 4 is 5.91 Å². The molecule has 1 fully saturated rings. The fraction of sp³-hybridized carbons (Fsp3) is 0.884. The third-order valence-electron chi connectivity index (χ3n) is 10.2. The van der Waals surface area contributed by atoms with Crippen LogP contribution < -0.4 is 5.32 Å². The summed E-state index contributed by atoms with van der Waals surface area (Å²) in [6, 6.07) is -0.920. The minimum absolute atomic E-state index is 0.215. The smallest absolute Gasteiger partial charge is 0.249 e. The lowest BCUT2D eigenvalue weighted by atomic mass is 10.0. The molecule has 306 valence electrons. The summed E-state index contributed by atoms with van der Waals surface area (Å²) in [6.07, 6.45) is 32.3. The van der Waals surface area contributed by atoms with Gasteiger partial charge in [-0.25, -0.2) is 0 Å². The standard InChI is InChI=1S/C43H81NO8/c1-3-5-7-9-11-13-15-17-18-19-21-23-25-27-29-31-33-38(46)42(50)44-36(34-51-43-41(49)40(48)39(47)35-52-43)37(45)32-30-28-26-24-22-20-16-14-12-10-8-6-4-2/h22,24,30,32,36-41,43,45-49H,3-21,23,25-29,31,33-35H2,1-2H3,(H,44,50)/b24-22-,32-30+. The van der Waals surface area contributed by atoms with Crippen molar-refractivity contribution in [3.05, 3.63) is 24.3 Å². The number of aliphatic hydroxyl groups is 5. The molecule has 1 saturated heterocycles. The minimum Gasteiger partial charge on any atom is -0.388 e. The highest BCUT2D eigenvalue weighted by Crippen LogP contribution is 2.18. The average molecular weight is 740 g/mol. The number of ether oxygens (including phenoxy) is 2. The van der Waals surface area contributed by atoms with E-state index >= 15 is 0 Å². The molecule has 1 amide bonds. The van der Waals surface area contributed by atoms with Gasteiger partial charge in [0.2, 0.25) is 5.91 Å². The Morgan fingerprint density at radius 2 is 1.12 bits per heavy atom. The van der Waals surface area contributed by atoms with Gasteiger partial charge in [-0.15, -0.1) is 0 Å². The van der Waals surface area contributed by atoms with Gasteiger partial charge in [0.25, 0.3) is 0 Å². The van der Waals surface area contributed by atoms with Crippen LogP contribution in [-0.4, -0.2) is 87.5 Å². The first kappa shape index (κ1) is 48.7. The van der Waals surface area contributed by atoms with Crippen LogP contribution >= 0.6 is 0 Å². The van der Waals surface area contributed by atoms with Gasteiger partial charge in [0.15, 0.2) is 6.29 Å². The third kappa shape index (κ3) is 25.6. The number of amides is 1. The van der Waals surface area contributed by atoms with E-state index in [1.807, 2.05) is 6.08 Å². The van der Waals surface area contributed by atoms with E-state index in [0.29, 0.717) is 6.42 Å². The summed E-state index contributed by atoms with van der Waals surface area (Å²) < 4.78 is 11.0. The molecule has 1 aliphatic rings. The first-order chi connectivity index (χ1) is 25.3. The molecule has 0 bridgehead atoms. The first-order valence-corrected chi connectivity index (χ1v) is 21.6. The second kappa shape index (κ2) is 34.2. The van der Waals surface area contributed by atoms with Crippen LogP contribution in [0.5, 0.6) is 0 Å². The molecule has 0 radical (unpaired) electrons. The molecule has 52 heavy (non-hydrogen) atoms. The average Bonchev–Trinajstić information content (AvgIpc) is 3.14. The Balaban J connectivity index is 2.37. The van der Waals surface area contributed by atoms with Crippen LogP contribution in [0.15, 0.2) is 24.3 Å². The Bertz CT molecular complexity index is 870. The van der Waals surface area contributed by atoms with E-state index in [1.165, 1.54) is 128 Å². The maximum absolute atomic E-state index is 12.9. The van der Waals surface area contributed by atoms with Crippen LogP contribution in [0.2, 0.25) is 0 Å². The monoisotopic (exact) mass is 740 g/mol. The number of carbonyl (C=O) groups is 1. The van der Waals surface area contributed by atoms with E-state index in [0.717, 1.165) is 38.5 Å². The zero-order valence-corrected chi connectivity index (χ0v) is 33.3. The summed E-state index contributed by atoms with van der Waals surface area (Å²) in [5.41, 5.74) is 0. The van der Waals surface area contributed by atoms with Crippen LogP contribution in [0.3, 0.4) is 0 Å². The van der Waals surface area contributed by atoms with Gasteiger partial charge < -0.3 is 40.3 Å². The van der Waals surface area contributed by atoms with Gasteiger partial charge in [-0.05, 0) is 32.1 Å². The quantitative estimate of drug-likeness (QED) is 0.0281. The van der Waals surface area contributed by atoms with E-state index in [4.69, 9.17) is 9.47 Å². The Kier molecular flexibility index (Phi) is 32.0. The Labute approximate surface area is 318 Å². The number of unbranched alkanes of at least 4 members (excludes halogenated alkanes) is 23. The lowest BCUT2D eigenvalue weighted by molar-refractivity contribution is -0.272. The van der Waals surface area contributed by atoms with Crippen LogP contribution in [0, 0.1) is 0 Å². The molecule has 0 spiro atoms. The molecule has 1 aliphatic heterocycles. The molecule has 1 heterocycles. The second-order valence-electron chi connectivity index (χ2n) is 15.2. The highest BCUT2D eigenvalue weighted by atomic mass is 16.7. The molecular weight excluding hydrogens is 658 g/mol. The molecular formula is C43H81NO8. The molecule has 9 nitrogen and oxygen atoms in total. The number of allylic oxidation sites excluding steroid dienone is 3. The summed E-state index contributed by atoms with van der Waals surface area (Å²) >= 11 is 0. The molecule has 9 heteroatoms. The number of hydrogen-bond donors (Lipinski definition) is 6. The van der Waals surface area contributed by atoms with Gasteiger partial charge in [-0.2, -0.15) is 0 Å². The summed E-state index contributed by atoms with van der Waals surface area (Å²) in [4.78, 5) is 12.9. The lowest BCUT2D eigenvalue weighted by Gasteiger charge is -2.36. The number of nitrogens with one attached hydrogen (secondary N) is 1. The summed E-state index contributed by atoms with van der Waals surface area (Å²) in [5.74, 6) is -0.587. The van der Waals surface area contributed by atoms with Crippen molar-refractivity contribution in [3.63, 3.8) is 0 Å². The maximum atomic E-state index is 12.9. The summed E-state index contributed by atoms with van der Waals surface area (Å²) in [6.45, 7) is 4.05. The molecule has 0 saturated carbocycles. The molecule has 1 rings (SSSR count). The van der Waals surface area contributed by atoms with Gasteiger partial charge in [0.1, 0.15) is 24.4 Å². The number of aliphatic hydroxyl groups excluding tert-OH is 5. The predicted molar refractivity (Wildman–Crippen MR) is 212 cm³/mol. The molecule has 0 aromatic carbocycles. The number of hydrogen-bond acceptors (Lipinski definition) is 8. The van der Waals surface area contributed by atoms with Crippen molar-refractivity contribution in [3.8, 4) is 0 Å². The molecule has 0 aliphatic carbocycles. The summed E-state index contributed by atoms with van der Waals surface area (Å²) in [7, 11) is 0. The van der Waals surface area contributed by atoms with Crippen molar-refractivity contribution in [2.45, 2.75) is 230 Å². The van der Waals surface area contributed by atoms with Crippen LogP contribution in [0.25, 0.3) is 0 Å². The second-order valence-corrected chi connectivity index (χ2v) is 15.2. The Hall–Kier alpha value is -1.33. The van der Waals surface area contributed by atoms with Crippen molar-refractivity contribution < 1.29 is 39.8 Å². The predicted octanol–water partition coefficient (Wildman–Crippen LogP) is 8.33. The van der Waals surface area contributed by atoms with E-state index in [-0.39, 0.29) is 13.2 Å². The minimum atomic E-state index is -1.49. The van der Waals surface area contributed by atoms with E-state index in [2.05, 4.69) is 31.3 Å². The van der Waals surface area contributed by atoms with Gasteiger partial charge in [0, 0.05) is 0 Å². The van der Waals surface area contributed by atoms with Crippen molar-refractivity contribution in [2.75, 3.05) is 13.2 Å². The molecule has 0 aromatic heterocycles. The largest absolute Gasteiger partial charge is 0.388 e. The van der Waals surface area contributed by atoms with Crippen molar-refractivity contribution in [2.24, 2.45) is 0 Å². The first-order valence-electron chi connectivity index (χ1n) is 21.6. The van der Waals surface area contributed by atoms with Gasteiger partial charge in [-0.3, -0.25) is 4.79 Å². The fourth-order valence-electron chi connectivity index (χ4n) is 6.66. The van der Waals surface area contributed by atoms with Gasteiger partial charge in [0.05, 0.1) is 25.4 Å². The SMILES string of the molecule is CCCCCCCCC/C=C\CC/C=C/C(O)C(COC1OCC(O)C(O)C1O)NC(=O)C(O)CCCCCCCCCCCCCCCCCC. The van der Waals surface area contributed by atoms with Crippen LogP contribution in [0.1, 0.15) is 187 Å². The topological polar surface area (TPSA) is 149 Å². The highest BCUT2D eigenvalue weighted by molar-refractivity contribution is 5.80. The van der Waals surface area contributed by atoms with Crippen LogP contribution in [0.4, 0.5) is 0 Å². The van der Waals surface area contributed by atoms with E-state index < -0.39 is 48.8 Å². The zero-order chi connectivity index (χ0) is 38.1. The maximum Gasteiger partial charge on any atom is 0.249 e. The molecule has 6 N–H and O–H groups in total. The number of rotatable bonds is 35. The van der Waals surface area contributed by atoms with Gasteiger partial charge in [-0.1, -0.05) is 179 Å². The van der Waals surface area contributed by atoms with E-state index in [9.17, 15) is 30.3 Å². The van der Waals surface area contributed by atoms with Gasteiger partial charge >= 0.3 is 0 Å². The number of carbonyl (C=O) groups excluding carboxylic acids is 1. The third-order valence-corrected chi connectivity index (χ3v) is 10.2. The summed E-state index contributed by atoms with van der Waals surface area (Å²) in [5, 5.41) is 54.3. The molecule has 7 atom stereocenters. The highest BCUT2D eigenvalue weighted by Gasteiger charge is 2.39. The molecule has 7 unspecified atom stereocenters. The Morgan fingerprint density at radius 3 is 1.65 bits per heavy atom. The zero-order valence-electron chi connectivity index (χ0n) is 33.3. The Morgan fingerprint density at radius 1 is 0.654 bits per heavy atom.